The molecule has 2 rings (SSSR count). The molecule has 0 spiro atoms. The molecular formula is C15H22ClNO. The molecule has 1 aliphatic carbocycles. The van der Waals surface area contributed by atoms with Crippen molar-refractivity contribution in [3.05, 3.63) is 34.9 Å². The zero-order chi connectivity index (χ0) is 13.0. The number of halogens is 1. The van der Waals surface area contributed by atoms with Crippen molar-refractivity contribution in [2.75, 3.05) is 6.54 Å². The maximum absolute atomic E-state index is 10.5. The second kappa shape index (κ2) is 6.05. The van der Waals surface area contributed by atoms with Crippen molar-refractivity contribution in [1.82, 2.24) is 5.32 Å². The molecule has 0 radical (unpaired) electrons. The van der Waals surface area contributed by atoms with Crippen molar-refractivity contribution in [3.8, 4) is 0 Å². The fourth-order valence-corrected chi connectivity index (χ4v) is 3.09. The van der Waals surface area contributed by atoms with E-state index < -0.39 is 5.60 Å². The van der Waals surface area contributed by atoms with Crippen molar-refractivity contribution < 1.29 is 5.11 Å². The third-order valence-electron chi connectivity index (χ3n) is 3.74. The Morgan fingerprint density at radius 3 is 3.06 bits per heavy atom. The maximum Gasteiger partial charge on any atom is 0.0774 e. The highest BCUT2D eigenvalue weighted by Crippen LogP contribution is 2.31. The van der Waals surface area contributed by atoms with Crippen LogP contribution in [0.2, 0.25) is 5.02 Å². The number of nitrogens with one attached hydrogen (secondary N) is 1. The maximum atomic E-state index is 10.5. The minimum absolute atomic E-state index is 0.518. The van der Waals surface area contributed by atoms with E-state index in [1.165, 1.54) is 6.42 Å². The molecule has 100 valence electrons. The molecule has 0 bridgehead atoms. The highest BCUT2D eigenvalue weighted by molar-refractivity contribution is 6.30. The van der Waals surface area contributed by atoms with Gasteiger partial charge in [-0.2, -0.15) is 0 Å². The summed E-state index contributed by atoms with van der Waals surface area (Å²) < 4.78 is 0. The molecule has 0 aliphatic heterocycles. The van der Waals surface area contributed by atoms with Crippen LogP contribution in [0.4, 0.5) is 0 Å². The van der Waals surface area contributed by atoms with E-state index in [1.807, 2.05) is 24.3 Å². The van der Waals surface area contributed by atoms with E-state index in [2.05, 4.69) is 12.2 Å². The first-order valence-corrected chi connectivity index (χ1v) is 7.13. The Morgan fingerprint density at radius 2 is 2.33 bits per heavy atom. The topological polar surface area (TPSA) is 32.3 Å². The van der Waals surface area contributed by atoms with E-state index in [9.17, 15) is 5.11 Å². The number of hydrogen-bond donors (Lipinski definition) is 2. The third kappa shape index (κ3) is 3.98. The Bertz CT molecular complexity index is 396. The summed E-state index contributed by atoms with van der Waals surface area (Å²) in [5.74, 6) is 0.636. The van der Waals surface area contributed by atoms with Gasteiger partial charge in [-0.25, -0.2) is 0 Å². The van der Waals surface area contributed by atoms with Crippen molar-refractivity contribution in [2.45, 2.75) is 44.8 Å². The molecule has 2 unspecified atom stereocenters. The van der Waals surface area contributed by atoms with Crippen LogP contribution in [0.1, 0.15) is 38.2 Å². The number of hydrogen-bond acceptors (Lipinski definition) is 2. The summed E-state index contributed by atoms with van der Waals surface area (Å²) in [6.45, 7) is 3.65. The minimum Gasteiger partial charge on any atom is -0.389 e. The van der Waals surface area contributed by atoms with Crippen LogP contribution >= 0.6 is 11.6 Å². The van der Waals surface area contributed by atoms with E-state index in [0.717, 1.165) is 36.4 Å². The van der Waals surface area contributed by atoms with Gasteiger partial charge in [-0.05, 0) is 36.5 Å². The fraction of sp³-hybridized carbons (Fsp3) is 0.600. The molecule has 18 heavy (non-hydrogen) atoms. The van der Waals surface area contributed by atoms with Gasteiger partial charge in [-0.3, -0.25) is 0 Å². The van der Waals surface area contributed by atoms with Crippen LogP contribution in [0, 0.1) is 5.92 Å². The van der Waals surface area contributed by atoms with Gasteiger partial charge in [0.1, 0.15) is 0 Å². The van der Waals surface area contributed by atoms with Crippen LogP contribution in [0.15, 0.2) is 24.3 Å². The van der Waals surface area contributed by atoms with Crippen LogP contribution in [0.3, 0.4) is 0 Å². The van der Waals surface area contributed by atoms with E-state index in [1.54, 1.807) is 0 Å². The lowest BCUT2D eigenvalue weighted by Crippen LogP contribution is -2.43. The summed E-state index contributed by atoms with van der Waals surface area (Å²) in [5, 5.41) is 14.6. The summed E-state index contributed by atoms with van der Waals surface area (Å²) in [6, 6.07) is 7.84. The van der Waals surface area contributed by atoms with Gasteiger partial charge in [0.15, 0.2) is 0 Å². The first-order chi connectivity index (χ1) is 8.57. The molecule has 3 heteroatoms. The Hall–Kier alpha value is -0.570. The van der Waals surface area contributed by atoms with Gasteiger partial charge in [-0.1, -0.05) is 43.5 Å². The normalized spacial score (nSPS) is 28.3. The molecule has 0 heterocycles. The predicted molar refractivity (Wildman–Crippen MR) is 75.7 cm³/mol. The van der Waals surface area contributed by atoms with Gasteiger partial charge < -0.3 is 10.4 Å². The average molecular weight is 268 g/mol. The lowest BCUT2D eigenvalue weighted by atomic mass is 9.79. The molecule has 2 N–H and O–H groups in total. The zero-order valence-electron chi connectivity index (χ0n) is 11.0. The molecule has 2 atom stereocenters. The molecule has 0 saturated heterocycles. The summed E-state index contributed by atoms with van der Waals surface area (Å²) in [7, 11) is 0. The summed E-state index contributed by atoms with van der Waals surface area (Å²) in [5.41, 5.74) is 0.644. The Balaban J connectivity index is 1.81. The minimum atomic E-state index is -0.518. The molecule has 1 aliphatic rings. The molecule has 1 aromatic carbocycles. The summed E-state index contributed by atoms with van der Waals surface area (Å²) >= 11 is 5.94. The van der Waals surface area contributed by atoms with Crippen molar-refractivity contribution in [3.63, 3.8) is 0 Å². The first kappa shape index (κ1) is 13.9. The van der Waals surface area contributed by atoms with E-state index in [-0.39, 0.29) is 0 Å². The molecular weight excluding hydrogens is 246 g/mol. The van der Waals surface area contributed by atoms with Crippen molar-refractivity contribution in [1.29, 1.82) is 0 Å². The van der Waals surface area contributed by atoms with Gasteiger partial charge in [-0.15, -0.1) is 0 Å². The fourth-order valence-electron chi connectivity index (χ4n) is 2.88. The highest BCUT2D eigenvalue weighted by atomic mass is 35.5. The van der Waals surface area contributed by atoms with Crippen LogP contribution in [-0.4, -0.2) is 17.3 Å². The SMILES string of the molecule is CC1CCCC(O)(CNCc2cccc(Cl)c2)C1. The second-order valence-electron chi connectivity index (χ2n) is 5.66. The van der Waals surface area contributed by atoms with Crippen LogP contribution in [-0.2, 0) is 6.54 Å². The molecule has 0 aromatic heterocycles. The van der Waals surface area contributed by atoms with Gasteiger partial charge in [0, 0.05) is 18.1 Å². The Kier molecular flexibility index (Phi) is 4.66. The first-order valence-electron chi connectivity index (χ1n) is 6.75. The average Bonchev–Trinajstić information content (AvgIpc) is 2.28. The Morgan fingerprint density at radius 1 is 1.50 bits per heavy atom. The number of benzene rings is 1. The third-order valence-corrected chi connectivity index (χ3v) is 3.97. The lowest BCUT2D eigenvalue weighted by Gasteiger charge is -2.35. The molecule has 2 nitrogen and oxygen atoms in total. The quantitative estimate of drug-likeness (QED) is 0.877. The van der Waals surface area contributed by atoms with E-state index >= 15 is 0 Å². The number of rotatable bonds is 4. The Labute approximate surface area is 114 Å². The smallest absolute Gasteiger partial charge is 0.0774 e. The van der Waals surface area contributed by atoms with Gasteiger partial charge in [0.25, 0.3) is 0 Å². The van der Waals surface area contributed by atoms with Crippen LogP contribution in [0.25, 0.3) is 0 Å². The largest absolute Gasteiger partial charge is 0.389 e. The zero-order valence-corrected chi connectivity index (χ0v) is 11.7. The molecule has 1 saturated carbocycles. The molecule has 0 amide bonds. The van der Waals surface area contributed by atoms with Gasteiger partial charge in [0.2, 0.25) is 0 Å². The standard InChI is InChI=1S/C15H22ClNO/c1-12-4-3-7-15(18,9-12)11-17-10-13-5-2-6-14(16)8-13/h2,5-6,8,12,17-18H,3-4,7,9-11H2,1H3. The van der Waals surface area contributed by atoms with Crippen LogP contribution < -0.4 is 5.32 Å². The van der Waals surface area contributed by atoms with E-state index in [4.69, 9.17) is 11.6 Å². The monoisotopic (exact) mass is 267 g/mol. The van der Waals surface area contributed by atoms with Gasteiger partial charge in [0.05, 0.1) is 5.60 Å². The second-order valence-corrected chi connectivity index (χ2v) is 6.10. The lowest BCUT2D eigenvalue weighted by molar-refractivity contribution is -0.0119. The van der Waals surface area contributed by atoms with Crippen molar-refractivity contribution >= 4 is 11.6 Å². The highest BCUT2D eigenvalue weighted by Gasteiger charge is 2.31. The number of aliphatic hydroxyl groups is 1. The molecule has 1 fully saturated rings. The van der Waals surface area contributed by atoms with E-state index in [0.29, 0.717) is 12.5 Å². The van der Waals surface area contributed by atoms with Crippen molar-refractivity contribution in [2.24, 2.45) is 5.92 Å². The molecule has 1 aromatic rings. The summed E-state index contributed by atoms with van der Waals surface area (Å²) in [6.07, 6.45) is 4.21. The predicted octanol–water partition coefficient (Wildman–Crippen LogP) is 3.37. The van der Waals surface area contributed by atoms with Gasteiger partial charge >= 0.3 is 0 Å². The van der Waals surface area contributed by atoms with Crippen LogP contribution in [0.5, 0.6) is 0 Å². The summed E-state index contributed by atoms with van der Waals surface area (Å²) in [4.78, 5) is 0.